The van der Waals surface area contributed by atoms with E-state index in [1.54, 1.807) is 23.9 Å². The Morgan fingerprint density at radius 2 is 1.96 bits per heavy atom. The van der Waals surface area contributed by atoms with Crippen LogP contribution in [-0.2, 0) is 7.05 Å². The van der Waals surface area contributed by atoms with Crippen molar-refractivity contribution >= 4 is 11.6 Å². The van der Waals surface area contributed by atoms with E-state index in [2.05, 4.69) is 20.8 Å². The van der Waals surface area contributed by atoms with Crippen molar-refractivity contribution in [3.05, 3.63) is 59.2 Å². The minimum atomic E-state index is -0.157. The van der Waals surface area contributed by atoms with E-state index < -0.39 is 0 Å². The van der Waals surface area contributed by atoms with Gasteiger partial charge in [-0.2, -0.15) is 0 Å². The third kappa shape index (κ3) is 3.11. The predicted molar refractivity (Wildman–Crippen MR) is 88.1 cm³/mol. The number of nitrogens with one attached hydrogen (secondary N) is 1. The third-order valence-corrected chi connectivity index (χ3v) is 3.64. The molecule has 0 aliphatic rings. The number of hydrogen-bond donors (Lipinski definition) is 1. The highest BCUT2D eigenvalue weighted by molar-refractivity contribution is 6.05. The van der Waals surface area contributed by atoms with Gasteiger partial charge in [0.25, 0.3) is 5.91 Å². The van der Waals surface area contributed by atoms with Crippen molar-refractivity contribution in [3.8, 4) is 11.4 Å². The summed E-state index contributed by atoms with van der Waals surface area (Å²) in [5, 5.41) is 14.4. The molecule has 6 heteroatoms. The van der Waals surface area contributed by atoms with Gasteiger partial charge in [0.1, 0.15) is 0 Å². The lowest BCUT2D eigenvalue weighted by Crippen LogP contribution is -2.13. The summed E-state index contributed by atoms with van der Waals surface area (Å²) >= 11 is 0. The van der Waals surface area contributed by atoms with Gasteiger partial charge in [-0.25, -0.2) is 4.68 Å². The zero-order valence-corrected chi connectivity index (χ0v) is 13.2. The van der Waals surface area contributed by atoms with E-state index in [9.17, 15) is 4.79 Å². The fourth-order valence-electron chi connectivity index (χ4n) is 2.34. The number of rotatable bonds is 3. The van der Waals surface area contributed by atoms with Crippen LogP contribution >= 0.6 is 0 Å². The highest BCUT2D eigenvalue weighted by atomic mass is 16.1. The molecule has 0 radical (unpaired) electrons. The molecule has 0 atom stereocenters. The van der Waals surface area contributed by atoms with E-state index in [0.29, 0.717) is 11.4 Å². The van der Waals surface area contributed by atoms with E-state index >= 15 is 0 Å². The number of hydrogen-bond acceptors (Lipinski definition) is 4. The van der Waals surface area contributed by atoms with E-state index in [0.717, 1.165) is 22.4 Å². The van der Waals surface area contributed by atoms with Gasteiger partial charge in [-0.1, -0.05) is 24.3 Å². The molecule has 116 valence electrons. The summed E-state index contributed by atoms with van der Waals surface area (Å²) in [5.41, 5.74) is 4.31. The standard InChI is InChI=1S/C17H17N5O/c1-11-7-8-12(2)15(9-11)18-17(23)14-6-4-5-13(10-14)16-19-20-21-22(16)3/h4-10H,1-3H3,(H,18,23). The molecule has 0 aliphatic carbocycles. The van der Waals surface area contributed by atoms with E-state index in [4.69, 9.17) is 0 Å². The molecule has 1 aromatic heterocycles. The Balaban J connectivity index is 1.88. The zero-order chi connectivity index (χ0) is 16.4. The first-order valence-electron chi connectivity index (χ1n) is 7.26. The van der Waals surface area contributed by atoms with Crippen LogP contribution in [-0.4, -0.2) is 26.1 Å². The van der Waals surface area contributed by atoms with Crippen molar-refractivity contribution in [2.24, 2.45) is 7.05 Å². The van der Waals surface area contributed by atoms with E-state index in [1.807, 2.05) is 44.2 Å². The number of benzene rings is 2. The van der Waals surface area contributed by atoms with Gasteiger partial charge in [0.15, 0.2) is 5.82 Å². The van der Waals surface area contributed by atoms with Crippen molar-refractivity contribution in [1.82, 2.24) is 20.2 Å². The number of tetrazole rings is 1. The number of aromatic nitrogens is 4. The van der Waals surface area contributed by atoms with Crippen molar-refractivity contribution in [3.63, 3.8) is 0 Å². The number of carbonyl (C=O) groups excluding carboxylic acids is 1. The second-order valence-electron chi connectivity index (χ2n) is 5.48. The lowest BCUT2D eigenvalue weighted by atomic mass is 10.1. The molecule has 0 fully saturated rings. The third-order valence-electron chi connectivity index (χ3n) is 3.64. The minimum Gasteiger partial charge on any atom is -0.322 e. The van der Waals surface area contributed by atoms with Gasteiger partial charge in [-0.05, 0) is 53.6 Å². The first kappa shape index (κ1) is 14.9. The van der Waals surface area contributed by atoms with Crippen LogP contribution in [0, 0.1) is 13.8 Å². The van der Waals surface area contributed by atoms with Gasteiger partial charge >= 0.3 is 0 Å². The first-order valence-corrected chi connectivity index (χ1v) is 7.26. The lowest BCUT2D eigenvalue weighted by molar-refractivity contribution is 0.102. The monoisotopic (exact) mass is 307 g/mol. The van der Waals surface area contributed by atoms with E-state index in [1.165, 1.54) is 0 Å². The highest BCUT2D eigenvalue weighted by Crippen LogP contribution is 2.20. The summed E-state index contributed by atoms with van der Waals surface area (Å²) < 4.78 is 1.57. The number of anilines is 1. The largest absolute Gasteiger partial charge is 0.322 e. The SMILES string of the molecule is Cc1ccc(C)c(NC(=O)c2cccc(-c3nnnn3C)c2)c1. The number of nitrogens with zero attached hydrogens (tertiary/aromatic N) is 4. The second kappa shape index (κ2) is 6.00. The molecule has 1 N–H and O–H groups in total. The molecule has 3 aromatic rings. The molecule has 0 spiro atoms. The average Bonchev–Trinajstić information content (AvgIpc) is 2.97. The van der Waals surface area contributed by atoms with Crippen LogP contribution in [0.2, 0.25) is 0 Å². The maximum atomic E-state index is 12.5. The average molecular weight is 307 g/mol. The second-order valence-corrected chi connectivity index (χ2v) is 5.48. The maximum absolute atomic E-state index is 12.5. The smallest absolute Gasteiger partial charge is 0.255 e. The van der Waals surface area contributed by atoms with Gasteiger partial charge in [-0.15, -0.1) is 5.10 Å². The molecular formula is C17H17N5O. The van der Waals surface area contributed by atoms with Crippen LogP contribution in [0.5, 0.6) is 0 Å². The summed E-state index contributed by atoms with van der Waals surface area (Å²) in [5.74, 6) is 0.460. The lowest BCUT2D eigenvalue weighted by Gasteiger charge is -2.10. The first-order chi connectivity index (χ1) is 11.0. The van der Waals surface area contributed by atoms with Crippen molar-refractivity contribution < 1.29 is 4.79 Å². The van der Waals surface area contributed by atoms with Crippen LogP contribution in [0.3, 0.4) is 0 Å². The Hall–Kier alpha value is -3.02. The molecular weight excluding hydrogens is 290 g/mol. The van der Waals surface area contributed by atoms with Gasteiger partial charge in [0, 0.05) is 23.9 Å². The van der Waals surface area contributed by atoms with Crippen molar-refractivity contribution in [2.75, 3.05) is 5.32 Å². The van der Waals surface area contributed by atoms with Gasteiger partial charge in [0.2, 0.25) is 0 Å². The van der Waals surface area contributed by atoms with Crippen LogP contribution in [0.25, 0.3) is 11.4 Å². The summed E-state index contributed by atoms with van der Waals surface area (Å²) in [6.07, 6.45) is 0. The van der Waals surface area contributed by atoms with Crippen molar-refractivity contribution in [1.29, 1.82) is 0 Å². The topological polar surface area (TPSA) is 72.7 Å². The van der Waals surface area contributed by atoms with Crippen LogP contribution in [0.1, 0.15) is 21.5 Å². The molecule has 23 heavy (non-hydrogen) atoms. The molecule has 6 nitrogen and oxygen atoms in total. The van der Waals surface area contributed by atoms with Crippen LogP contribution < -0.4 is 5.32 Å². The van der Waals surface area contributed by atoms with E-state index in [-0.39, 0.29) is 5.91 Å². The maximum Gasteiger partial charge on any atom is 0.255 e. The molecule has 0 aliphatic heterocycles. The Morgan fingerprint density at radius 3 is 2.70 bits per heavy atom. The summed E-state index contributed by atoms with van der Waals surface area (Å²) in [6.45, 7) is 3.97. The minimum absolute atomic E-state index is 0.157. The zero-order valence-electron chi connectivity index (χ0n) is 13.2. The van der Waals surface area contributed by atoms with Crippen LogP contribution in [0.15, 0.2) is 42.5 Å². The molecule has 3 rings (SSSR count). The Morgan fingerprint density at radius 1 is 1.13 bits per heavy atom. The molecule has 2 aromatic carbocycles. The number of carbonyl (C=O) groups is 1. The molecule has 0 saturated heterocycles. The Labute approximate surface area is 134 Å². The summed E-state index contributed by atoms with van der Waals surface area (Å²) in [7, 11) is 1.76. The molecule has 0 bridgehead atoms. The highest BCUT2D eigenvalue weighted by Gasteiger charge is 2.11. The molecule has 0 unspecified atom stereocenters. The molecule has 1 amide bonds. The van der Waals surface area contributed by atoms with Gasteiger partial charge in [0.05, 0.1) is 0 Å². The normalized spacial score (nSPS) is 10.6. The fourth-order valence-corrected chi connectivity index (χ4v) is 2.34. The van der Waals surface area contributed by atoms with Gasteiger partial charge in [-0.3, -0.25) is 4.79 Å². The number of amides is 1. The van der Waals surface area contributed by atoms with Gasteiger partial charge < -0.3 is 5.32 Å². The summed E-state index contributed by atoms with van der Waals surface area (Å²) in [6, 6.07) is 13.2. The summed E-state index contributed by atoms with van der Waals surface area (Å²) in [4.78, 5) is 12.5. The Bertz CT molecular complexity index is 869. The van der Waals surface area contributed by atoms with Crippen LogP contribution in [0.4, 0.5) is 5.69 Å². The number of aryl methyl sites for hydroxylation is 3. The molecule has 1 heterocycles. The van der Waals surface area contributed by atoms with Crippen molar-refractivity contribution in [2.45, 2.75) is 13.8 Å². The quantitative estimate of drug-likeness (QED) is 0.807. The fraction of sp³-hybridized carbons (Fsp3) is 0.176. The molecule has 0 saturated carbocycles. The predicted octanol–water partition coefficient (Wildman–Crippen LogP) is 2.75. The Kier molecular flexibility index (Phi) is 3.89.